The second kappa shape index (κ2) is 10.3. The lowest BCUT2D eigenvalue weighted by Gasteiger charge is -2.42. The molecule has 0 unspecified atom stereocenters. The lowest BCUT2D eigenvalue weighted by atomic mass is 9.94. The van der Waals surface area contributed by atoms with Crippen molar-refractivity contribution in [2.75, 3.05) is 39.8 Å². The highest BCUT2D eigenvalue weighted by Gasteiger charge is 2.38. The zero-order valence-electron chi connectivity index (χ0n) is 19.9. The molecule has 180 valence electrons. The van der Waals surface area contributed by atoms with Crippen LogP contribution >= 0.6 is 0 Å². The number of nitrogens with one attached hydrogen (secondary N) is 1. The van der Waals surface area contributed by atoms with Crippen LogP contribution in [0.25, 0.3) is 0 Å². The molecule has 0 aromatic heterocycles. The molecule has 1 fully saturated rings. The van der Waals surface area contributed by atoms with Gasteiger partial charge in [-0.15, -0.1) is 0 Å². The van der Waals surface area contributed by atoms with Gasteiger partial charge in [0.05, 0.1) is 18.2 Å². The number of hydrogen-bond donors (Lipinski definition) is 1. The second-order valence-corrected chi connectivity index (χ2v) is 8.84. The van der Waals surface area contributed by atoms with Gasteiger partial charge < -0.3 is 15.0 Å². The number of halogens is 1. The molecule has 0 radical (unpaired) electrons. The lowest BCUT2D eigenvalue weighted by Crippen LogP contribution is -2.56. The molecule has 9 heteroatoms. The summed E-state index contributed by atoms with van der Waals surface area (Å²) >= 11 is 0. The Hall–Kier alpha value is -2.94. The Balaban J connectivity index is 1.93. The van der Waals surface area contributed by atoms with Crippen molar-refractivity contribution in [2.24, 2.45) is 5.92 Å². The maximum atomic E-state index is 13.5. The monoisotopic (exact) mass is 460 g/mol. The highest BCUT2D eigenvalue weighted by Crippen LogP contribution is 2.32. The van der Waals surface area contributed by atoms with E-state index in [9.17, 15) is 18.8 Å². The van der Waals surface area contributed by atoms with Crippen molar-refractivity contribution in [1.29, 1.82) is 0 Å². The van der Waals surface area contributed by atoms with Crippen LogP contribution in [0.3, 0.4) is 0 Å². The van der Waals surface area contributed by atoms with Gasteiger partial charge in [-0.25, -0.2) is 14.0 Å². The fourth-order valence-corrected chi connectivity index (χ4v) is 4.35. The summed E-state index contributed by atoms with van der Waals surface area (Å²) in [4.78, 5) is 43.8. The van der Waals surface area contributed by atoms with Gasteiger partial charge in [0.15, 0.2) is 0 Å². The summed E-state index contributed by atoms with van der Waals surface area (Å²) in [5.74, 6) is -0.862. The summed E-state index contributed by atoms with van der Waals surface area (Å²) in [6.07, 6.45) is 0. The summed E-state index contributed by atoms with van der Waals surface area (Å²) in [6.45, 7) is 9.88. The van der Waals surface area contributed by atoms with Gasteiger partial charge in [-0.1, -0.05) is 26.0 Å². The SMILES string of the molecule is CCOC(=O)C1=C(CN2CCN(C(=O)C(C)C)[C@@H](C)C2)N(C)C(=O)N[C@H]1c1ccc(F)cc1. The van der Waals surface area contributed by atoms with Gasteiger partial charge in [0.2, 0.25) is 5.91 Å². The van der Waals surface area contributed by atoms with E-state index in [-0.39, 0.29) is 30.5 Å². The number of urea groups is 1. The topological polar surface area (TPSA) is 82.2 Å². The first-order valence-corrected chi connectivity index (χ1v) is 11.4. The molecule has 33 heavy (non-hydrogen) atoms. The number of rotatable bonds is 6. The minimum Gasteiger partial charge on any atom is -0.463 e. The number of benzene rings is 1. The van der Waals surface area contributed by atoms with E-state index in [1.54, 1.807) is 26.1 Å². The number of nitrogens with zero attached hydrogens (tertiary/aromatic N) is 3. The average molecular weight is 461 g/mol. The van der Waals surface area contributed by atoms with Crippen molar-refractivity contribution in [2.45, 2.75) is 39.8 Å². The number of ether oxygens (including phenoxy) is 1. The molecule has 1 N–H and O–H groups in total. The Morgan fingerprint density at radius 3 is 2.45 bits per heavy atom. The van der Waals surface area contributed by atoms with Gasteiger partial charge in [-0.2, -0.15) is 0 Å². The third kappa shape index (κ3) is 5.35. The number of piperazine rings is 1. The maximum absolute atomic E-state index is 13.5. The summed E-state index contributed by atoms with van der Waals surface area (Å²) in [7, 11) is 1.62. The van der Waals surface area contributed by atoms with Gasteiger partial charge in [0, 0.05) is 50.9 Å². The van der Waals surface area contributed by atoms with Crippen molar-refractivity contribution < 1.29 is 23.5 Å². The minimum absolute atomic E-state index is 0.0101. The largest absolute Gasteiger partial charge is 0.463 e. The fraction of sp³-hybridized carbons (Fsp3) is 0.542. The summed E-state index contributed by atoms with van der Waals surface area (Å²) < 4.78 is 18.8. The highest BCUT2D eigenvalue weighted by atomic mass is 19.1. The van der Waals surface area contributed by atoms with Crippen molar-refractivity contribution >= 4 is 17.9 Å². The van der Waals surface area contributed by atoms with Crippen LogP contribution < -0.4 is 5.32 Å². The third-order valence-electron chi connectivity index (χ3n) is 6.14. The molecule has 0 spiro atoms. The number of carbonyl (C=O) groups excluding carboxylic acids is 3. The molecule has 2 heterocycles. The standard InChI is InChI=1S/C24H33FN4O4/c1-6-33-23(31)20-19(14-28-11-12-29(16(4)13-28)22(30)15(2)3)27(5)24(32)26-21(20)17-7-9-18(25)10-8-17/h7-10,15-16,21H,6,11-14H2,1-5H3,(H,26,32)/t16-,21-/m0/s1. The number of likely N-dealkylation sites (N-methyl/N-ethyl adjacent to an activating group) is 1. The average Bonchev–Trinajstić information content (AvgIpc) is 2.77. The van der Waals surface area contributed by atoms with Gasteiger partial charge >= 0.3 is 12.0 Å². The molecule has 2 atom stereocenters. The Morgan fingerprint density at radius 1 is 1.21 bits per heavy atom. The van der Waals surface area contributed by atoms with Crippen LogP contribution in [-0.2, 0) is 14.3 Å². The molecule has 1 aromatic rings. The van der Waals surface area contributed by atoms with Crippen LogP contribution in [0.15, 0.2) is 35.5 Å². The minimum atomic E-state index is -0.746. The maximum Gasteiger partial charge on any atom is 0.338 e. The predicted octanol–water partition coefficient (Wildman–Crippen LogP) is 2.53. The second-order valence-electron chi connectivity index (χ2n) is 8.84. The van der Waals surface area contributed by atoms with E-state index < -0.39 is 17.8 Å². The number of hydrogen-bond acceptors (Lipinski definition) is 5. The molecule has 1 saturated heterocycles. The molecule has 0 bridgehead atoms. The van der Waals surface area contributed by atoms with Crippen LogP contribution in [0.2, 0.25) is 0 Å². The van der Waals surface area contributed by atoms with Gasteiger partial charge in [0.25, 0.3) is 0 Å². The first-order chi connectivity index (χ1) is 15.6. The molecular weight excluding hydrogens is 427 g/mol. The number of esters is 1. The van der Waals surface area contributed by atoms with Gasteiger partial charge in [-0.3, -0.25) is 14.6 Å². The lowest BCUT2D eigenvalue weighted by molar-refractivity contribution is -0.139. The number of carbonyl (C=O) groups is 3. The van der Waals surface area contributed by atoms with Crippen molar-refractivity contribution in [3.05, 3.63) is 46.9 Å². The van der Waals surface area contributed by atoms with Crippen molar-refractivity contribution in [3.8, 4) is 0 Å². The van der Waals surface area contributed by atoms with Crippen LogP contribution in [0, 0.1) is 11.7 Å². The van der Waals surface area contributed by atoms with Crippen LogP contribution in [0.5, 0.6) is 0 Å². The van der Waals surface area contributed by atoms with E-state index >= 15 is 0 Å². The van der Waals surface area contributed by atoms with Gasteiger partial charge in [0.1, 0.15) is 5.82 Å². The zero-order valence-corrected chi connectivity index (χ0v) is 19.9. The molecule has 1 aromatic carbocycles. The van der Waals surface area contributed by atoms with Crippen LogP contribution in [-0.4, -0.2) is 78.5 Å². The van der Waals surface area contributed by atoms with E-state index in [0.717, 1.165) is 0 Å². The molecule has 2 aliphatic heterocycles. The van der Waals surface area contributed by atoms with Crippen LogP contribution in [0.4, 0.5) is 9.18 Å². The van der Waals surface area contributed by atoms with Crippen molar-refractivity contribution in [1.82, 2.24) is 20.0 Å². The Labute approximate surface area is 194 Å². The van der Waals surface area contributed by atoms with E-state index in [0.29, 0.717) is 43.0 Å². The van der Waals surface area contributed by atoms with Gasteiger partial charge in [-0.05, 0) is 31.5 Å². The molecule has 0 aliphatic carbocycles. The molecule has 0 saturated carbocycles. The van der Waals surface area contributed by atoms with Crippen molar-refractivity contribution in [3.63, 3.8) is 0 Å². The highest BCUT2D eigenvalue weighted by molar-refractivity contribution is 5.95. The van der Waals surface area contributed by atoms with E-state index in [4.69, 9.17) is 4.74 Å². The molecule has 3 amide bonds. The Bertz CT molecular complexity index is 931. The molecule has 2 aliphatic rings. The predicted molar refractivity (Wildman–Crippen MR) is 122 cm³/mol. The van der Waals surface area contributed by atoms with E-state index in [2.05, 4.69) is 10.2 Å². The normalized spacial score (nSPS) is 22.0. The smallest absolute Gasteiger partial charge is 0.338 e. The molecule has 3 rings (SSSR count). The summed E-state index contributed by atoms with van der Waals surface area (Å²) in [5.41, 5.74) is 1.47. The Kier molecular flexibility index (Phi) is 7.73. The zero-order chi connectivity index (χ0) is 24.3. The third-order valence-corrected chi connectivity index (χ3v) is 6.14. The first-order valence-electron chi connectivity index (χ1n) is 11.4. The van der Waals surface area contributed by atoms with E-state index in [1.165, 1.54) is 17.0 Å². The summed E-state index contributed by atoms with van der Waals surface area (Å²) in [6, 6.07) is 4.63. The fourth-order valence-electron chi connectivity index (χ4n) is 4.35. The van der Waals surface area contributed by atoms with Crippen LogP contribution in [0.1, 0.15) is 39.3 Å². The summed E-state index contributed by atoms with van der Waals surface area (Å²) in [5, 5.41) is 2.84. The molecular formula is C24H33FN4O4. The Morgan fingerprint density at radius 2 is 1.88 bits per heavy atom. The quantitative estimate of drug-likeness (QED) is 0.660. The van der Waals surface area contributed by atoms with E-state index in [1.807, 2.05) is 25.7 Å². The first kappa shape index (κ1) is 24.7. The molecule has 8 nitrogen and oxygen atoms in total. The number of amides is 3.